The van der Waals surface area contributed by atoms with Crippen LogP contribution in [0.4, 0.5) is 13.2 Å². The minimum atomic E-state index is -4.06. The highest BCUT2D eigenvalue weighted by molar-refractivity contribution is 5.83. The Bertz CT molecular complexity index is 613. The summed E-state index contributed by atoms with van der Waals surface area (Å²) in [7, 11) is 0. The van der Waals surface area contributed by atoms with E-state index in [1.165, 1.54) is 0 Å². The van der Waals surface area contributed by atoms with Crippen LogP contribution >= 0.6 is 0 Å². The number of rotatable bonds is 2. The summed E-state index contributed by atoms with van der Waals surface area (Å²) in [6.45, 7) is 0. The first-order chi connectivity index (χ1) is 10.0. The van der Waals surface area contributed by atoms with Gasteiger partial charge in [0.1, 0.15) is 5.75 Å². The first-order valence-electron chi connectivity index (χ1n) is 7.24. The summed E-state index contributed by atoms with van der Waals surface area (Å²) < 4.78 is 43.7. The van der Waals surface area contributed by atoms with Crippen molar-refractivity contribution >= 4 is 10.8 Å². The molecule has 1 nitrogen and oxygen atoms in total. The van der Waals surface area contributed by atoms with Gasteiger partial charge in [-0.3, -0.25) is 0 Å². The van der Waals surface area contributed by atoms with Crippen LogP contribution < -0.4 is 4.74 Å². The largest absolute Gasteiger partial charge is 0.490 e. The lowest BCUT2D eigenvalue weighted by molar-refractivity contribution is -0.185. The van der Waals surface area contributed by atoms with Crippen molar-refractivity contribution in [1.29, 1.82) is 0 Å². The van der Waals surface area contributed by atoms with Crippen LogP contribution in [0.3, 0.4) is 0 Å². The number of fused-ring (bicyclic) bond motifs is 1. The van der Waals surface area contributed by atoms with E-state index in [1.807, 2.05) is 42.5 Å². The van der Waals surface area contributed by atoms with E-state index >= 15 is 0 Å². The Hall–Kier alpha value is -1.71. The first-order valence-corrected chi connectivity index (χ1v) is 7.24. The van der Waals surface area contributed by atoms with Crippen LogP contribution in [0.15, 0.2) is 42.5 Å². The van der Waals surface area contributed by atoms with E-state index in [9.17, 15) is 13.2 Å². The van der Waals surface area contributed by atoms with Gasteiger partial charge in [-0.25, -0.2) is 0 Å². The Kier molecular flexibility index (Phi) is 3.79. The summed E-state index contributed by atoms with van der Waals surface area (Å²) in [5, 5.41) is 2.21. The lowest BCUT2D eigenvalue weighted by Gasteiger charge is -2.30. The van der Waals surface area contributed by atoms with E-state index in [0.717, 1.165) is 16.5 Å². The van der Waals surface area contributed by atoms with Crippen molar-refractivity contribution < 1.29 is 17.9 Å². The molecule has 1 saturated carbocycles. The summed E-state index contributed by atoms with van der Waals surface area (Å²) in [5.74, 6) is -0.418. The molecule has 0 amide bonds. The van der Waals surface area contributed by atoms with Gasteiger partial charge in [0.05, 0.1) is 12.0 Å². The minimum absolute atomic E-state index is 0.107. The van der Waals surface area contributed by atoms with Crippen LogP contribution in [0.25, 0.3) is 10.8 Å². The van der Waals surface area contributed by atoms with E-state index in [-0.39, 0.29) is 18.9 Å². The van der Waals surface area contributed by atoms with Gasteiger partial charge in [0.15, 0.2) is 0 Å². The standard InChI is InChI=1S/C17H17F3O/c18-17(19,20)14-6-9-15(10-7-14)21-16-8-5-12-3-1-2-4-13(12)11-16/h1-5,8,11,14-15H,6-7,9-10H2. The average Bonchev–Trinajstić information content (AvgIpc) is 2.47. The van der Waals surface area contributed by atoms with Gasteiger partial charge in [-0.2, -0.15) is 13.2 Å². The first kappa shape index (κ1) is 14.2. The molecule has 112 valence electrons. The molecule has 1 fully saturated rings. The molecule has 0 bridgehead atoms. The fraction of sp³-hybridized carbons (Fsp3) is 0.412. The van der Waals surface area contributed by atoms with Crippen molar-refractivity contribution in [1.82, 2.24) is 0 Å². The maximum atomic E-state index is 12.6. The topological polar surface area (TPSA) is 9.23 Å². The maximum Gasteiger partial charge on any atom is 0.391 e. The fourth-order valence-corrected chi connectivity index (χ4v) is 2.94. The van der Waals surface area contributed by atoms with Gasteiger partial charge in [-0.15, -0.1) is 0 Å². The highest BCUT2D eigenvalue weighted by Crippen LogP contribution is 2.38. The second-order valence-electron chi connectivity index (χ2n) is 5.64. The Balaban J connectivity index is 1.64. The van der Waals surface area contributed by atoms with E-state index in [1.54, 1.807) is 0 Å². The molecule has 0 atom stereocenters. The highest BCUT2D eigenvalue weighted by atomic mass is 19.4. The lowest BCUT2D eigenvalue weighted by Crippen LogP contribution is -2.31. The third kappa shape index (κ3) is 3.31. The fourth-order valence-electron chi connectivity index (χ4n) is 2.94. The minimum Gasteiger partial charge on any atom is -0.490 e. The van der Waals surface area contributed by atoms with Gasteiger partial charge in [0.25, 0.3) is 0 Å². The Morgan fingerprint density at radius 2 is 1.52 bits per heavy atom. The van der Waals surface area contributed by atoms with E-state index in [2.05, 4.69) is 0 Å². The van der Waals surface area contributed by atoms with E-state index in [0.29, 0.717) is 12.8 Å². The molecular formula is C17H17F3O. The smallest absolute Gasteiger partial charge is 0.391 e. The van der Waals surface area contributed by atoms with Crippen LogP contribution in [0, 0.1) is 5.92 Å². The van der Waals surface area contributed by atoms with Crippen molar-refractivity contribution in [2.75, 3.05) is 0 Å². The van der Waals surface area contributed by atoms with Gasteiger partial charge in [-0.1, -0.05) is 30.3 Å². The van der Waals surface area contributed by atoms with Crippen molar-refractivity contribution in [3.8, 4) is 5.75 Å². The number of hydrogen-bond donors (Lipinski definition) is 0. The van der Waals surface area contributed by atoms with Crippen molar-refractivity contribution in [2.24, 2.45) is 5.92 Å². The molecule has 1 aliphatic carbocycles. The van der Waals surface area contributed by atoms with Gasteiger partial charge in [0.2, 0.25) is 0 Å². The molecule has 21 heavy (non-hydrogen) atoms. The Labute approximate surface area is 121 Å². The summed E-state index contributed by atoms with van der Waals surface area (Å²) in [4.78, 5) is 0. The number of ether oxygens (including phenoxy) is 1. The molecule has 0 N–H and O–H groups in total. The van der Waals surface area contributed by atoms with Gasteiger partial charge in [-0.05, 0) is 48.6 Å². The average molecular weight is 294 g/mol. The molecule has 1 aliphatic rings. The zero-order valence-electron chi connectivity index (χ0n) is 11.6. The molecule has 3 rings (SSSR count). The molecule has 2 aromatic carbocycles. The molecule has 4 heteroatoms. The van der Waals surface area contributed by atoms with E-state index in [4.69, 9.17) is 4.74 Å². The molecule has 0 aromatic heterocycles. The molecular weight excluding hydrogens is 277 g/mol. The molecule has 0 heterocycles. The number of benzene rings is 2. The van der Waals surface area contributed by atoms with Crippen LogP contribution in [0.5, 0.6) is 5.75 Å². The van der Waals surface area contributed by atoms with Gasteiger partial charge >= 0.3 is 6.18 Å². The zero-order chi connectivity index (χ0) is 14.9. The third-order valence-electron chi connectivity index (χ3n) is 4.16. The monoisotopic (exact) mass is 294 g/mol. The summed E-state index contributed by atoms with van der Waals surface area (Å²) in [6, 6.07) is 13.8. The van der Waals surface area contributed by atoms with Crippen LogP contribution in [-0.2, 0) is 0 Å². The predicted molar refractivity (Wildman–Crippen MR) is 76.4 cm³/mol. The van der Waals surface area contributed by atoms with Gasteiger partial charge < -0.3 is 4.74 Å². The lowest BCUT2D eigenvalue weighted by atomic mass is 9.87. The van der Waals surface area contributed by atoms with Crippen LogP contribution in [0.2, 0.25) is 0 Å². The number of alkyl halides is 3. The molecule has 0 unspecified atom stereocenters. The van der Waals surface area contributed by atoms with Crippen LogP contribution in [-0.4, -0.2) is 12.3 Å². The van der Waals surface area contributed by atoms with Gasteiger partial charge in [0, 0.05) is 0 Å². The van der Waals surface area contributed by atoms with Crippen molar-refractivity contribution in [3.63, 3.8) is 0 Å². The maximum absolute atomic E-state index is 12.6. The Morgan fingerprint density at radius 3 is 2.19 bits per heavy atom. The van der Waals surface area contributed by atoms with Crippen molar-refractivity contribution in [3.05, 3.63) is 42.5 Å². The zero-order valence-corrected chi connectivity index (χ0v) is 11.6. The molecule has 0 aliphatic heterocycles. The molecule has 2 aromatic rings. The van der Waals surface area contributed by atoms with Crippen molar-refractivity contribution in [2.45, 2.75) is 38.0 Å². The molecule has 0 radical (unpaired) electrons. The quantitative estimate of drug-likeness (QED) is 0.726. The van der Waals surface area contributed by atoms with Crippen LogP contribution in [0.1, 0.15) is 25.7 Å². The highest BCUT2D eigenvalue weighted by Gasteiger charge is 2.41. The summed E-state index contributed by atoms with van der Waals surface area (Å²) in [5.41, 5.74) is 0. The third-order valence-corrected chi connectivity index (χ3v) is 4.16. The summed E-state index contributed by atoms with van der Waals surface area (Å²) >= 11 is 0. The second-order valence-corrected chi connectivity index (χ2v) is 5.64. The molecule has 0 spiro atoms. The SMILES string of the molecule is FC(F)(F)C1CCC(Oc2ccc3ccccc3c2)CC1. The van der Waals surface area contributed by atoms with E-state index < -0.39 is 12.1 Å². The normalized spacial score (nSPS) is 23.2. The second kappa shape index (κ2) is 5.58. The predicted octanol–water partition coefficient (Wildman–Crippen LogP) is 5.34. The number of halogens is 3. The summed E-state index contributed by atoms with van der Waals surface area (Å²) in [6.07, 6.45) is -2.89. The number of hydrogen-bond acceptors (Lipinski definition) is 1. The molecule has 0 saturated heterocycles. The Morgan fingerprint density at radius 1 is 0.857 bits per heavy atom.